The molecule has 0 unspecified atom stereocenters. The van der Waals surface area contributed by atoms with E-state index in [-0.39, 0.29) is 0 Å². The van der Waals surface area contributed by atoms with Crippen LogP contribution in [0.3, 0.4) is 0 Å². The van der Waals surface area contributed by atoms with E-state index in [2.05, 4.69) is 43.3 Å². The van der Waals surface area contributed by atoms with Crippen molar-refractivity contribution in [3.05, 3.63) is 25.7 Å². The number of benzene rings is 1. The van der Waals surface area contributed by atoms with Gasteiger partial charge >= 0.3 is 5.97 Å². The van der Waals surface area contributed by atoms with Gasteiger partial charge in [0.15, 0.2) is 0 Å². The zero-order valence-electron chi connectivity index (χ0n) is 7.64. The van der Waals surface area contributed by atoms with Crippen LogP contribution in [0.2, 0.25) is 0 Å². The highest BCUT2D eigenvalue weighted by molar-refractivity contribution is 14.1. The third-order valence-corrected chi connectivity index (χ3v) is 2.88. The number of carbonyl (C=O) groups excluding carboxylic acids is 1. The molecule has 1 aromatic carbocycles. The van der Waals surface area contributed by atoms with E-state index in [0.29, 0.717) is 11.3 Å². The van der Waals surface area contributed by atoms with Crippen LogP contribution in [0.15, 0.2) is 16.6 Å². The predicted octanol–water partition coefficient (Wildman–Crippen LogP) is 2.85. The van der Waals surface area contributed by atoms with Gasteiger partial charge in [-0.15, -0.1) is 0 Å². The van der Waals surface area contributed by atoms with Gasteiger partial charge in [-0.05, 0) is 34.7 Å². The second-order valence-corrected chi connectivity index (χ2v) is 4.54. The lowest BCUT2D eigenvalue weighted by atomic mass is 10.2. The van der Waals surface area contributed by atoms with Crippen LogP contribution < -0.4 is 4.74 Å². The van der Waals surface area contributed by atoms with Crippen LogP contribution in [0.25, 0.3) is 0 Å². The Kier molecular flexibility index (Phi) is 4.18. The number of carbonyl (C=O) groups is 1. The van der Waals surface area contributed by atoms with Crippen molar-refractivity contribution in [1.29, 1.82) is 0 Å². The van der Waals surface area contributed by atoms with Crippen molar-refractivity contribution in [2.45, 2.75) is 0 Å². The molecule has 0 aliphatic heterocycles. The maximum atomic E-state index is 11.4. The summed E-state index contributed by atoms with van der Waals surface area (Å²) >= 11 is 5.40. The van der Waals surface area contributed by atoms with Crippen LogP contribution in [0, 0.1) is 3.57 Å². The molecular weight excluding hydrogens is 363 g/mol. The molecule has 0 spiro atoms. The molecule has 0 aliphatic rings. The number of ether oxygens (including phenoxy) is 2. The van der Waals surface area contributed by atoms with Crippen molar-refractivity contribution in [2.24, 2.45) is 0 Å². The van der Waals surface area contributed by atoms with Crippen molar-refractivity contribution >= 4 is 44.5 Å². The first-order chi connectivity index (χ1) is 6.60. The van der Waals surface area contributed by atoms with E-state index >= 15 is 0 Å². The van der Waals surface area contributed by atoms with Gasteiger partial charge in [-0.2, -0.15) is 0 Å². The summed E-state index contributed by atoms with van der Waals surface area (Å²) in [6.45, 7) is 0. The highest BCUT2D eigenvalue weighted by Crippen LogP contribution is 2.29. The molecule has 1 rings (SSSR count). The summed E-state index contributed by atoms with van der Waals surface area (Å²) in [5, 5.41) is 0. The SMILES string of the molecule is COC(=O)c1cc(Br)cc(I)c1OC. The lowest BCUT2D eigenvalue weighted by Gasteiger charge is -2.09. The molecule has 0 aromatic heterocycles. The summed E-state index contributed by atoms with van der Waals surface area (Å²) < 4.78 is 11.5. The average Bonchev–Trinajstić information content (AvgIpc) is 2.15. The number of hydrogen-bond donors (Lipinski definition) is 0. The third kappa shape index (κ3) is 2.38. The van der Waals surface area contributed by atoms with E-state index in [1.54, 1.807) is 6.07 Å². The molecule has 0 aliphatic carbocycles. The van der Waals surface area contributed by atoms with Crippen LogP contribution in [-0.2, 0) is 4.74 Å². The first-order valence-corrected chi connectivity index (χ1v) is 5.58. The fourth-order valence-corrected chi connectivity index (χ4v) is 2.76. The van der Waals surface area contributed by atoms with E-state index in [4.69, 9.17) is 4.74 Å². The van der Waals surface area contributed by atoms with Crippen molar-refractivity contribution in [2.75, 3.05) is 14.2 Å². The normalized spacial score (nSPS) is 9.71. The molecule has 0 amide bonds. The standard InChI is InChI=1S/C9H8BrIO3/c1-13-8-6(9(12)14-2)3-5(10)4-7(8)11/h3-4H,1-2H3. The quantitative estimate of drug-likeness (QED) is 0.593. The fourth-order valence-electron chi connectivity index (χ4n) is 1.03. The van der Waals surface area contributed by atoms with Gasteiger partial charge in [-0.25, -0.2) is 4.79 Å². The van der Waals surface area contributed by atoms with Gasteiger partial charge in [0, 0.05) is 4.47 Å². The highest BCUT2D eigenvalue weighted by Gasteiger charge is 2.16. The molecule has 5 heteroatoms. The Morgan fingerprint density at radius 3 is 2.57 bits per heavy atom. The molecule has 3 nitrogen and oxygen atoms in total. The molecule has 0 bridgehead atoms. The minimum absolute atomic E-state index is 0.402. The molecule has 0 saturated carbocycles. The van der Waals surface area contributed by atoms with E-state index < -0.39 is 5.97 Å². The molecule has 0 saturated heterocycles. The van der Waals surface area contributed by atoms with Gasteiger partial charge in [0.2, 0.25) is 0 Å². The van der Waals surface area contributed by atoms with Gasteiger partial charge < -0.3 is 9.47 Å². The van der Waals surface area contributed by atoms with Crippen LogP contribution in [0.5, 0.6) is 5.75 Å². The van der Waals surface area contributed by atoms with Crippen molar-refractivity contribution in [3.63, 3.8) is 0 Å². The van der Waals surface area contributed by atoms with Gasteiger partial charge in [-0.1, -0.05) is 15.9 Å². The Bertz CT molecular complexity index is 365. The second kappa shape index (κ2) is 4.97. The molecule has 0 heterocycles. The molecule has 14 heavy (non-hydrogen) atoms. The molecule has 0 N–H and O–H groups in total. The Morgan fingerprint density at radius 1 is 1.43 bits per heavy atom. The van der Waals surface area contributed by atoms with Crippen LogP contribution in [-0.4, -0.2) is 20.2 Å². The number of hydrogen-bond acceptors (Lipinski definition) is 3. The smallest absolute Gasteiger partial charge is 0.341 e. The minimum Gasteiger partial charge on any atom is -0.495 e. The highest BCUT2D eigenvalue weighted by atomic mass is 127. The first kappa shape index (κ1) is 11.8. The van der Waals surface area contributed by atoms with E-state index in [9.17, 15) is 4.79 Å². The lowest BCUT2D eigenvalue weighted by molar-refractivity contribution is 0.0597. The van der Waals surface area contributed by atoms with Gasteiger partial charge in [0.25, 0.3) is 0 Å². The topological polar surface area (TPSA) is 35.5 Å². The minimum atomic E-state index is -0.402. The predicted molar refractivity (Wildman–Crippen MR) is 64.8 cm³/mol. The number of methoxy groups -OCH3 is 2. The summed E-state index contributed by atoms with van der Waals surface area (Å²) in [6.07, 6.45) is 0. The lowest BCUT2D eigenvalue weighted by Crippen LogP contribution is -2.05. The van der Waals surface area contributed by atoms with Crippen molar-refractivity contribution < 1.29 is 14.3 Å². The first-order valence-electron chi connectivity index (χ1n) is 3.71. The largest absolute Gasteiger partial charge is 0.495 e. The van der Waals surface area contributed by atoms with E-state index in [1.165, 1.54) is 14.2 Å². The molecule has 1 aromatic rings. The number of rotatable bonds is 2. The zero-order valence-corrected chi connectivity index (χ0v) is 11.4. The van der Waals surface area contributed by atoms with E-state index in [0.717, 1.165) is 8.04 Å². The Balaban J connectivity index is 3.32. The molecule has 0 atom stereocenters. The third-order valence-electron chi connectivity index (χ3n) is 1.62. The van der Waals surface area contributed by atoms with Gasteiger partial charge in [0.1, 0.15) is 11.3 Å². The summed E-state index contributed by atoms with van der Waals surface area (Å²) in [6, 6.07) is 3.54. The molecule has 76 valence electrons. The van der Waals surface area contributed by atoms with Gasteiger partial charge in [-0.3, -0.25) is 0 Å². The molecule has 0 radical (unpaired) electrons. The number of halogens is 2. The monoisotopic (exact) mass is 370 g/mol. The van der Waals surface area contributed by atoms with Crippen molar-refractivity contribution in [3.8, 4) is 5.75 Å². The Hall–Kier alpha value is -0.300. The summed E-state index contributed by atoms with van der Waals surface area (Å²) in [5.41, 5.74) is 0.425. The summed E-state index contributed by atoms with van der Waals surface area (Å²) in [7, 11) is 2.87. The maximum Gasteiger partial charge on any atom is 0.341 e. The average molecular weight is 371 g/mol. The Morgan fingerprint density at radius 2 is 2.07 bits per heavy atom. The summed E-state index contributed by atoms with van der Waals surface area (Å²) in [5.74, 6) is 0.140. The van der Waals surface area contributed by atoms with Crippen LogP contribution >= 0.6 is 38.5 Å². The van der Waals surface area contributed by atoms with Crippen molar-refractivity contribution in [1.82, 2.24) is 0 Å². The molecule has 0 fully saturated rings. The second-order valence-electron chi connectivity index (χ2n) is 2.46. The molecular formula is C9H8BrIO3. The summed E-state index contributed by atoms with van der Waals surface area (Å²) in [4.78, 5) is 11.4. The zero-order chi connectivity index (χ0) is 10.7. The Labute approximate surface area is 104 Å². The number of esters is 1. The van der Waals surface area contributed by atoms with E-state index in [1.807, 2.05) is 6.07 Å². The maximum absolute atomic E-state index is 11.4. The van der Waals surface area contributed by atoms with Crippen LogP contribution in [0.4, 0.5) is 0 Å². The van der Waals surface area contributed by atoms with Gasteiger partial charge in [0.05, 0.1) is 17.8 Å². The van der Waals surface area contributed by atoms with Crippen LogP contribution in [0.1, 0.15) is 10.4 Å². The fraction of sp³-hybridized carbons (Fsp3) is 0.222.